The molecule has 0 amide bonds. The van der Waals surface area contributed by atoms with Crippen LogP contribution in [0, 0.1) is 13.8 Å². The van der Waals surface area contributed by atoms with Crippen molar-refractivity contribution in [3.63, 3.8) is 0 Å². The van der Waals surface area contributed by atoms with Gasteiger partial charge in [0, 0.05) is 11.6 Å². The SMILES string of the molecule is CC[C@@H](Oc1cc(C)ccc1C)C(=O)n1cc(C(=O)OC)c2ccccc21. The van der Waals surface area contributed by atoms with Crippen LogP contribution < -0.4 is 4.74 Å². The van der Waals surface area contributed by atoms with Gasteiger partial charge in [0.05, 0.1) is 18.2 Å². The van der Waals surface area contributed by atoms with E-state index in [4.69, 9.17) is 9.47 Å². The third-order valence-corrected chi connectivity index (χ3v) is 4.61. The molecule has 0 aliphatic carbocycles. The zero-order valence-electron chi connectivity index (χ0n) is 16.0. The molecular formula is C22H23NO4. The highest BCUT2D eigenvalue weighted by Gasteiger charge is 2.25. The summed E-state index contributed by atoms with van der Waals surface area (Å²) < 4.78 is 12.4. The molecule has 0 unspecified atom stereocenters. The topological polar surface area (TPSA) is 57.5 Å². The van der Waals surface area contributed by atoms with Gasteiger partial charge in [-0.05, 0) is 43.5 Å². The molecule has 0 saturated heterocycles. The number of hydrogen-bond donors (Lipinski definition) is 0. The van der Waals surface area contributed by atoms with E-state index in [2.05, 4.69) is 0 Å². The summed E-state index contributed by atoms with van der Waals surface area (Å²) in [6, 6.07) is 13.2. The van der Waals surface area contributed by atoms with Crippen molar-refractivity contribution in [3.8, 4) is 5.75 Å². The van der Waals surface area contributed by atoms with Gasteiger partial charge in [0.15, 0.2) is 6.10 Å². The lowest BCUT2D eigenvalue weighted by Gasteiger charge is -2.19. The standard InChI is InChI=1S/C22H23NO4/c1-5-19(27-20-12-14(2)10-11-15(20)3)21(24)23-13-17(22(25)26-4)16-8-6-7-9-18(16)23/h6-13,19H,5H2,1-4H3/t19-/m1/s1. The molecule has 1 aromatic heterocycles. The van der Waals surface area contributed by atoms with Crippen molar-refractivity contribution in [3.05, 3.63) is 65.4 Å². The number of methoxy groups -OCH3 is 1. The van der Waals surface area contributed by atoms with Gasteiger partial charge in [0.25, 0.3) is 5.91 Å². The van der Waals surface area contributed by atoms with E-state index >= 15 is 0 Å². The van der Waals surface area contributed by atoms with Crippen LogP contribution in [0.2, 0.25) is 0 Å². The monoisotopic (exact) mass is 365 g/mol. The summed E-state index contributed by atoms with van der Waals surface area (Å²) in [6.45, 7) is 5.84. The molecule has 5 heteroatoms. The van der Waals surface area contributed by atoms with E-state index < -0.39 is 12.1 Å². The fourth-order valence-corrected chi connectivity index (χ4v) is 3.09. The number of para-hydroxylation sites is 1. The number of fused-ring (bicyclic) bond motifs is 1. The number of carbonyl (C=O) groups is 2. The van der Waals surface area contributed by atoms with E-state index in [1.807, 2.05) is 57.2 Å². The molecule has 0 saturated carbocycles. The first-order valence-electron chi connectivity index (χ1n) is 8.92. The number of esters is 1. The van der Waals surface area contributed by atoms with Crippen molar-refractivity contribution in [1.82, 2.24) is 4.57 Å². The van der Waals surface area contributed by atoms with Gasteiger partial charge in [0.2, 0.25) is 0 Å². The number of benzene rings is 2. The zero-order valence-corrected chi connectivity index (χ0v) is 16.0. The summed E-state index contributed by atoms with van der Waals surface area (Å²) in [5.41, 5.74) is 3.06. The van der Waals surface area contributed by atoms with Crippen molar-refractivity contribution in [1.29, 1.82) is 0 Å². The van der Waals surface area contributed by atoms with E-state index in [1.165, 1.54) is 17.9 Å². The van der Waals surface area contributed by atoms with Crippen molar-refractivity contribution in [2.24, 2.45) is 0 Å². The third kappa shape index (κ3) is 3.58. The molecule has 0 spiro atoms. The number of ether oxygens (including phenoxy) is 2. The Kier molecular flexibility index (Phi) is 5.31. The predicted octanol–water partition coefficient (Wildman–Crippen LogP) is 4.54. The lowest BCUT2D eigenvalue weighted by molar-refractivity contribution is 0.0602. The molecule has 3 rings (SSSR count). The first kappa shape index (κ1) is 18.7. The summed E-state index contributed by atoms with van der Waals surface area (Å²) in [4.78, 5) is 25.3. The van der Waals surface area contributed by atoms with Gasteiger partial charge in [-0.3, -0.25) is 9.36 Å². The second-order valence-corrected chi connectivity index (χ2v) is 6.54. The summed E-state index contributed by atoms with van der Waals surface area (Å²) >= 11 is 0. The molecule has 0 N–H and O–H groups in total. The Balaban J connectivity index is 2.01. The van der Waals surface area contributed by atoms with Crippen LogP contribution in [-0.2, 0) is 4.74 Å². The number of aryl methyl sites for hydroxylation is 2. The van der Waals surface area contributed by atoms with Gasteiger partial charge in [-0.25, -0.2) is 4.79 Å². The molecule has 0 aliphatic heterocycles. The summed E-state index contributed by atoms with van der Waals surface area (Å²) in [7, 11) is 1.33. The Morgan fingerprint density at radius 1 is 1.11 bits per heavy atom. The Bertz CT molecular complexity index is 1000. The smallest absolute Gasteiger partial charge is 0.340 e. The Hall–Kier alpha value is -3.08. The van der Waals surface area contributed by atoms with Crippen LogP contribution in [-0.4, -0.2) is 29.7 Å². The van der Waals surface area contributed by atoms with Gasteiger partial charge >= 0.3 is 5.97 Å². The van der Waals surface area contributed by atoms with Crippen LogP contribution in [0.4, 0.5) is 0 Å². The minimum Gasteiger partial charge on any atom is -0.480 e. The zero-order chi connectivity index (χ0) is 19.6. The predicted molar refractivity (Wildman–Crippen MR) is 105 cm³/mol. The van der Waals surface area contributed by atoms with Gasteiger partial charge in [-0.1, -0.05) is 37.3 Å². The number of nitrogens with zero attached hydrogens (tertiary/aromatic N) is 1. The van der Waals surface area contributed by atoms with Crippen LogP contribution in [0.5, 0.6) is 5.75 Å². The van der Waals surface area contributed by atoms with E-state index in [-0.39, 0.29) is 5.91 Å². The minimum atomic E-state index is -0.660. The lowest BCUT2D eigenvalue weighted by atomic mass is 10.1. The summed E-state index contributed by atoms with van der Waals surface area (Å²) in [6.07, 6.45) is 1.38. The highest BCUT2D eigenvalue weighted by molar-refractivity contribution is 6.07. The number of aromatic nitrogens is 1. The van der Waals surface area contributed by atoms with Crippen molar-refractivity contribution < 1.29 is 19.1 Å². The maximum Gasteiger partial charge on any atom is 0.340 e. The van der Waals surface area contributed by atoms with Gasteiger partial charge in [-0.15, -0.1) is 0 Å². The molecule has 27 heavy (non-hydrogen) atoms. The van der Waals surface area contributed by atoms with Crippen molar-refractivity contribution in [2.45, 2.75) is 33.3 Å². The van der Waals surface area contributed by atoms with E-state index in [1.54, 1.807) is 6.07 Å². The van der Waals surface area contributed by atoms with Gasteiger partial charge in [-0.2, -0.15) is 0 Å². The Morgan fingerprint density at radius 3 is 2.56 bits per heavy atom. The van der Waals surface area contributed by atoms with Gasteiger partial charge in [0.1, 0.15) is 5.75 Å². The summed E-state index contributed by atoms with van der Waals surface area (Å²) in [5, 5.41) is 0.680. The third-order valence-electron chi connectivity index (χ3n) is 4.61. The maximum atomic E-state index is 13.2. The van der Waals surface area contributed by atoms with E-state index in [0.29, 0.717) is 28.6 Å². The number of carbonyl (C=O) groups excluding carboxylic acids is 2. The second-order valence-electron chi connectivity index (χ2n) is 6.54. The first-order valence-corrected chi connectivity index (χ1v) is 8.92. The number of rotatable bonds is 5. The quantitative estimate of drug-likeness (QED) is 0.623. The van der Waals surface area contributed by atoms with Crippen LogP contribution in [0.3, 0.4) is 0 Å². The fraction of sp³-hybridized carbons (Fsp3) is 0.273. The fourth-order valence-electron chi connectivity index (χ4n) is 3.09. The Labute approximate surface area is 158 Å². The molecule has 0 aliphatic rings. The average molecular weight is 365 g/mol. The highest BCUT2D eigenvalue weighted by Crippen LogP contribution is 2.25. The Morgan fingerprint density at radius 2 is 1.85 bits per heavy atom. The van der Waals surface area contributed by atoms with Crippen LogP contribution in [0.15, 0.2) is 48.7 Å². The number of hydrogen-bond acceptors (Lipinski definition) is 4. The minimum absolute atomic E-state index is 0.218. The summed E-state index contributed by atoms with van der Waals surface area (Å²) in [5.74, 6) is 0.00542. The maximum absolute atomic E-state index is 13.2. The normalized spacial score (nSPS) is 12.0. The first-order chi connectivity index (χ1) is 13.0. The largest absolute Gasteiger partial charge is 0.480 e. The lowest BCUT2D eigenvalue weighted by Crippen LogP contribution is -2.31. The molecule has 140 valence electrons. The van der Waals surface area contributed by atoms with Crippen LogP contribution in [0.25, 0.3) is 10.9 Å². The van der Waals surface area contributed by atoms with Crippen LogP contribution in [0.1, 0.15) is 39.6 Å². The highest BCUT2D eigenvalue weighted by atomic mass is 16.5. The molecule has 0 radical (unpaired) electrons. The van der Waals surface area contributed by atoms with Crippen molar-refractivity contribution in [2.75, 3.05) is 7.11 Å². The molecular weight excluding hydrogens is 342 g/mol. The average Bonchev–Trinajstić information content (AvgIpc) is 3.07. The van der Waals surface area contributed by atoms with Crippen LogP contribution >= 0.6 is 0 Å². The molecule has 1 atom stereocenters. The van der Waals surface area contributed by atoms with E-state index in [9.17, 15) is 9.59 Å². The second kappa shape index (κ2) is 7.66. The molecule has 5 nitrogen and oxygen atoms in total. The van der Waals surface area contributed by atoms with Crippen molar-refractivity contribution >= 4 is 22.8 Å². The molecule has 0 fully saturated rings. The van der Waals surface area contributed by atoms with E-state index in [0.717, 1.165) is 11.1 Å². The molecule has 3 aromatic rings. The van der Waals surface area contributed by atoms with Gasteiger partial charge < -0.3 is 9.47 Å². The molecule has 1 heterocycles. The molecule has 2 aromatic carbocycles. The molecule has 0 bridgehead atoms.